The van der Waals surface area contributed by atoms with Gasteiger partial charge in [0.25, 0.3) is 0 Å². The number of carbonyl (C=O) groups excluding carboxylic acids is 1. The third kappa shape index (κ3) is 3.48. The highest BCUT2D eigenvalue weighted by Gasteiger charge is 2.13. The van der Waals surface area contributed by atoms with Gasteiger partial charge in [0.05, 0.1) is 29.5 Å². The molecule has 0 unspecified atom stereocenters. The molecule has 5 heteroatoms. The molecule has 0 fully saturated rings. The number of hydrogen-bond acceptors (Lipinski definition) is 4. The van der Waals surface area contributed by atoms with Crippen LogP contribution in [-0.4, -0.2) is 23.2 Å². The number of nitrogens with one attached hydrogen (secondary N) is 1. The smallest absolute Gasteiger partial charge is 0.411 e. The molecule has 5 nitrogen and oxygen atoms in total. The van der Waals surface area contributed by atoms with E-state index in [9.17, 15) is 4.79 Å². The lowest BCUT2D eigenvalue weighted by atomic mass is 10.0. The molecule has 0 saturated carbocycles. The molecular weight excluding hydrogens is 338 g/mol. The fraction of sp³-hybridized carbons (Fsp3) is 0.0455. The zero-order valence-corrected chi connectivity index (χ0v) is 14.7. The minimum Gasteiger partial charge on any atom is -0.453 e. The normalized spacial score (nSPS) is 10.6. The average molecular weight is 355 g/mol. The molecule has 0 aliphatic carbocycles. The number of rotatable bonds is 3. The van der Waals surface area contributed by atoms with Gasteiger partial charge >= 0.3 is 6.09 Å². The molecule has 0 aliphatic rings. The van der Waals surface area contributed by atoms with Crippen LogP contribution in [0.25, 0.3) is 33.5 Å². The standard InChI is InChI=1S/C22H17N3O2/c1-27-22(26)23-17-12-13-18-19(14-17)25-21(16-10-6-3-7-11-16)20(24-18)15-8-4-2-5-9-15/h2-14H,1H3,(H,23,26). The fourth-order valence-corrected chi connectivity index (χ4v) is 2.90. The van der Waals surface area contributed by atoms with Crippen molar-refractivity contribution < 1.29 is 9.53 Å². The maximum atomic E-state index is 11.5. The molecule has 0 bridgehead atoms. The van der Waals surface area contributed by atoms with Gasteiger partial charge in [-0.3, -0.25) is 5.32 Å². The van der Waals surface area contributed by atoms with Crippen molar-refractivity contribution in [1.29, 1.82) is 0 Å². The molecule has 3 aromatic carbocycles. The zero-order valence-electron chi connectivity index (χ0n) is 14.7. The molecule has 27 heavy (non-hydrogen) atoms. The van der Waals surface area contributed by atoms with Gasteiger partial charge < -0.3 is 4.74 Å². The Morgan fingerprint density at radius 3 is 1.89 bits per heavy atom. The van der Waals surface area contributed by atoms with Crippen molar-refractivity contribution in [3.63, 3.8) is 0 Å². The number of benzene rings is 3. The SMILES string of the molecule is COC(=O)Nc1ccc2nc(-c3ccccc3)c(-c3ccccc3)nc2c1. The Balaban J connectivity index is 1.91. The molecule has 1 heterocycles. The maximum absolute atomic E-state index is 11.5. The van der Waals surface area contributed by atoms with Crippen LogP contribution in [0.4, 0.5) is 10.5 Å². The van der Waals surface area contributed by atoms with Crippen molar-refractivity contribution in [2.45, 2.75) is 0 Å². The van der Waals surface area contributed by atoms with Crippen molar-refractivity contribution in [3.05, 3.63) is 78.9 Å². The summed E-state index contributed by atoms with van der Waals surface area (Å²) in [6.45, 7) is 0. The van der Waals surface area contributed by atoms with Crippen LogP contribution in [0.5, 0.6) is 0 Å². The van der Waals surface area contributed by atoms with Crippen molar-refractivity contribution in [3.8, 4) is 22.5 Å². The van der Waals surface area contributed by atoms with Gasteiger partial charge in [-0.1, -0.05) is 60.7 Å². The Bertz CT molecular complexity index is 1100. The van der Waals surface area contributed by atoms with Gasteiger partial charge in [0.2, 0.25) is 0 Å². The summed E-state index contributed by atoms with van der Waals surface area (Å²) in [5, 5.41) is 2.66. The molecule has 0 aliphatic heterocycles. The molecule has 1 amide bonds. The average Bonchev–Trinajstić information content (AvgIpc) is 2.74. The number of methoxy groups -OCH3 is 1. The molecule has 0 spiro atoms. The molecule has 4 aromatic rings. The molecular formula is C22H17N3O2. The van der Waals surface area contributed by atoms with Crippen molar-refractivity contribution in [2.24, 2.45) is 0 Å². The van der Waals surface area contributed by atoms with Crippen LogP contribution >= 0.6 is 0 Å². The van der Waals surface area contributed by atoms with Crippen molar-refractivity contribution in [2.75, 3.05) is 12.4 Å². The zero-order chi connectivity index (χ0) is 18.6. The number of ether oxygens (including phenoxy) is 1. The highest BCUT2D eigenvalue weighted by atomic mass is 16.5. The van der Waals surface area contributed by atoms with E-state index in [1.54, 1.807) is 12.1 Å². The topological polar surface area (TPSA) is 64.1 Å². The summed E-state index contributed by atoms with van der Waals surface area (Å²) in [7, 11) is 1.33. The van der Waals surface area contributed by atoms with Crippen LogP contribution in [-0.2, 0) is 4.74 Å². The minimum absolute atomic E-state index is 0.522. The third-order valence-corrected chi connectivity index (χ3v) is 4.19. The van der Waals surface area contributed by atoms with Crippen LogP contribution < -0.4 is 5.32 Å². The van der Waals surface area contributed by atoms with Crippen LogP contribution in [0, 0.1) is 0 Å². The van der Waals surface area contributed by atoms with Gasteiger partial charge in [-0.2, -0.15) is 0 Å². The summed E-state index contributed by atoms with van der Waals surface area (Å²) in [6.07, 6.45) is -0.522. The van der Waals surface area contributed by atoms with E-state index in [2.05, 4.69) is 10.1 Å². The van der Waals surface area contributed by atoms with Crippen LogP contribution in [0.15, 0.2) is 78.9 Å². The first-order valence-corrected chi connectivity index (χ1v) is 8.52. The fourth-order valence-electron chi connectivity index (χ4n) is 2.90. The first kappa shape index (κ1) is 16.7. The van der Waals surface area contributed by atoms with E-state index < -0.39 is 6.09 Å². The second kappa shape index (κ2) is 7.25. The highest BCUT2D eigenvalue weighted by Crippen LogP contribution is 2.31. The summed E-state index contributed by atoms with van der Waals surface area (Å²) in [6, 6.07) is 25.4. The lowest BCUT2D eigenvalue weighted by molar-refractivity contribution is 0.187. The maximum Gasteiger partial charge on any atom is 0.411 e. The Hall–Kier alpha value is -3.73. The van der Waals surface area contributed by atoms with Crippen LogP contribution in [0.3, 0.4) is 0 Å². The number of fused-ring (bicyclic) bond motifs is 1. The van der Waals surface area contributed by atoms with Gasteiger partial charge in [-0.25, -0.2) is 14.8 Å². The summed E-state index contributed by atoms with van der Waals surface area (Å²) in [5.41, 5.74) is 5.66. The van der Waals surface area contributed by atoms with Gasteiger partial charge in [0.1, 0.15) is 0 Å². The Labute approximate surface area is 156 Å². The molecule has 0 radical (unpaired) electrons. The van der Waals surface area contributed by atoms with Crippen LogP contribution in [0.2, 0.25) is 0 Å². The van der Waals surface area contributed by atoms with Crippen LogP contribution in [0.1, 0.15) is 0 Å². The van der Waals surface area contributed by atoms with Gasteiger partial charge in [-0.15, -0.1) is 0 Å². The summed E-state index contributed by atoms with van der Waals surface area (Å²) >= 11 is 0. The van der Waals surface area contributed by atoms with Gasteiger partial charge in [-0.05, 0) is 18.2 Å². The molecule has 1 aromatic heterocycles. The summed E-state index contributed by atoms with van der Waals surface area (Å²) in [5.74, 6) is 0. The summed E-state index contributed by atoms with van der Waals surface area (Å²) in [4.78, 5) is 21.2. The second-order valence-electron chi connectivity index (χ2n) is 5.97. The molecule has 0 atom stereocenters. The number of nitrogens with zero attached hydrogens (tertiary/aromatic N) is 2. The lowest BCUT2D eigenvalue weighted by Gasteiger charge is -2.11. The molecule has 4 rings (SSSR count). The number of amides is 1. The summed E-state index contributed by atoms with van der Waals surface area (Å²) < 4.78 is 4.65. The van der Waals surface area contributed by atoms with E-state index in [0.29, 0.717) is 11.2 Å². The quantitative estimate of drug-likeness (QED) is 0.552. The number of aromatic nitrogens is 2. The Morgan fingerprint density at radius 1 is 0.778 bits per heavy atom. The monoisotopic (exact) mass is 355 g/mol. The Kier molecular flexibility index (Phi) is 4.49. The first-order valence-electron chi connectivity index (χ1n) is 8.52. The second-order valence-corrected chi connectivity index (χ2v) is 5.97. The number of carbonyl (C=O) groups is 1. The molecule has 1 N–H and O–H groups in total. The largest absolute Gasteiger partial charge is 0.453 e. The van der Waals surface area contributed by atoms with Gasteiger partial charge in [0, 0.05) is 16.8 Å². The van der Waals surface area contributed by atoms with Crippen molar-refractivity contribution >= 4 is 22.8 Å². The molecule has 132 valence electrons. The van der Waals surface area contributed by atoms with E-state index in [0.717, 1.165) is 28.0 Å². The van der Waals surface area contributed by atoms with E-state index in [1.807, 2.05) is 66.7 Å². The third-order valence-electron chi connectivity index (χ3n) is 4.19. The van der Waals surface area contributed by atoms with E-state index in [1.165, 1.54) is 7.11 Å². The van der Waals surface area contributed by atoms with Crippen molar-refractivity contribution in [1.82, 2.24) is 9.97 Å². The first-order chi connectivity index (χ1) is 13.2. The van der Waals surface area contributed by atoms with E-state index in [4.69, 9.17) is 9.97 Å². The number of hydrogen-bond donors (Lipinski definition) is 1. The highest BCUT2D eigenvalue weighted by molar-refractivity contribution is 5.91. The van der Waals surface area contributed by atoms with E-state index in [-0.39, 0.29) is 0 Å². The Morgan fingerprint density at radius 2 is 1.33 bits per heavy atom. The van der Waals surface area contributed by atoms with Gasteiger partial charge in [0.15, 0.2) is 0 Å². The number of anilines is 1. The minimum atomic E-state index is -0.522. The molecule has 0 saturated heterocycles. The predicted molar refractivity (Wildman–Crippen MR) is 106 cm³/mol. The lowest BCUT2D eigenvalue weighted by Crippen LogP contribution is -2.10. The predicted octanol–water partition coefficient (Wildman–Crippen LogP) is 5.14. The van der Waals surface area contributed by atoms with E-state index >= 15 is 0 Å².